The highest BCUT2D eigenvalue weighted by Crippen LogP contribution is 2.28. The molecule has 0 spiro atoms. The lowest BCUT2D eigenvalue weighted by molar-refractivity contribution is -0.384. The second-order valence-corrected chi connectivity index (χ2v) is 4.01. The molecular formula is C11H11ClN2O5. The molecule has 0 bridgehead atoms. The van der Waals surface area contributed by atoms with Crippen LogP contribution in [0.15, 0.2) is 18.2 Å². The van der Waals surface area contributed by atoms with E-state index in [9.17, 15) is 19.7 Å². The van der Waals surface area contributed by atoms with Crippen LogP contribution >= 0.6 is 11.6 Å². The largest absolute Gasteiger partial charge is 0.468 e. The molecule has 0 unspecified atom stereocenters. The van der Waals surface area contributed by atoms with Gasteiger partial charge in [0.2, 0.25) is 0 Å². The molecule has 1 amide bonds. The molecule has 0 saturated heterocycles. The monoisotopic (exact) mass is 286 g/mol. The molecule has 19 heavy (non-hydrogen) atoms. The Balaban J connectivity index is 3.03. The van der Waals surface area contributed by atoms with Crippen molar-refractivity contribution in [3.8, 4) is 0 Å². The van der Waals surface area contributed by atoms with Crippen molar-refractivity contribution in [1.82, 2.24) is 4.90 Å². The van der Waals surface area contributed by atoms with Gasteiger partial charge in [0.25, 0.3) is 11.6 Å². The van der Waals surface area contributed by atoms with Crippen LogP contribution in [-0.4, -0.2) is 42.4 Å². The number of nitro benzene ring substituents is 1. The molecule has 0 heterocycles. The topological polar surface area (TPSA) is 89.8 Å². The SMILES string of the molecule is COC(=O)CN(C)C(=O)c1cccc([N+](=O)[O-])c1Cl. The summed E-state index contributed by atoms with van der Waals surface area (Å²) >= 11 is 5.81. The standard InChI is InChI=1S/C11H11ClN2O5/c1-13(6-9(15)19-2)11(16)7-4-3-5-8(10(7)12)14(17)18/h3-5H,6H2,1-2H3. The summed E-state index contributed by atoms with van der Waals surface area (Å²) in [4.78, 5) is 34.2. The number of hydrogen-bond acceptors (Lipinski definition) is 5. The Morgan fingerprint density at radius 3 is 2.63 bits per heavy atom. The lowest BCUT2D eigenvalue weighted by Gasteiger charge is -2.16. The van der Waals surface area contributed by atoms with Gasteiger partial charge in [0, 0.05) is 13.1 Å². The van der Waals surface area contributed by atoms with E-state index in [-0.39, 0.29) is 22.8 Å². The van der Waals surface area contributed by atoms with E-state index in [4.69, 9.17) is 11.6 Å². The number of nitro groups is 1. The van der Waals surface area contributed by atoms with E-state index in [2.05, 4.69) is 4.74 Å². The quantitative estimate of drug-likeness (QED) is 0.475. The lowest BCUT2D eigenvalue weighted by Crippen LogP contribution is -2.32. The van der Waals surface area contributed by atoms with Crippen LogP contribution in [0, 0.1) is 10.1 Å². The second kappa shape index (κ2) is 6.14. The van der Waals surface area contributed by atoms with Crippen LogP contribution in [0.2, 0.25) is 5.02 Å². The minimum atomic E-state index is -0.681. The fourth-order valence-electron chi connectivity index (χ4n) is 1.36. The Morgan fingerprint density at radius 1 is 1.47 bits per heavy atom. The molecule has 8 heteroatoms. The number of methoxy groups -OCH3 is 1. The number of esters is 1. The van der Waals surface area contributed by atoms with E-state index in [1.807, 2.05) is 0 Å². The Hall–Kier alpha value is -2.15. The van der Waals surface area contributed by atoms with Crippen LogP contribution in [0.4, 0.5) is 5.69 Å². The molecular weight excluding hydrogens is 276 g/mol. The Labute approximate surface area is 113 Å². The number of carbonyl (C=O) groups excluding carboxylic acids is 2. The predicted octanol–water partition coefficient (Wildman–Crippen LogP) is 1.49. The highest BCUT2D eigenvalue weighted by molar-refractivity contribution is 6.35. The normalized spacial score (nSPS) is 9.84. The van der Waals surface area contributed by atoms with Gasteiger partial charge in [0.05, 0.1) is 17.6 Å². The first-order chi connectivity index (χ1) is 8.88. The average molecular weight is 287 g/mol. The number of hydrogen-bond donors (Lipinski definition) is 0. The van der Waals surface area contributed by atoms with Crippen molar-refractivity contribution in [3.05, 3.63) is 38.9 Å². The van der Waals surface area contributed by atoms with Crippen molar-refractivity contribution in [2.24, 2.45) is 0 Å². The minimum Gasteiger partial charge on any atom is -0.468 e. The maximum Gasteiger partial charge on any atom is 0.325 e. The van der Waals surface area contributed by atoms with Gasteiger partial charge in [-0.3, -0.25) is 19.7 Å². The molecule has 0 aromatic heterocycles. The van der Waals surface area contributed by atoms with E-state index in [1.54, 1.807) is 0 Å². The summed E-state index contributed by atoms with van der Waals surface area (Å²) in [6.45, 7) is -0.269. The molecule has 0 saturated carbocycles. The van der Waals surface area contributed by atoms with E-state index < -0.39 is 16.8 Å². The van der Waals surface area contributed by atoms with Gasteiger partial charge >= 0.3 is 5.97 Å². The molecule has 1 aromatic rings. The summed E-state index contributed by atoms with van der Waals surface area (Å²) in [6, 6.07) is 3.90. The highest BCUT2D eigenvalue weighted by Gasteiger charge is 2.23. The summed E-state index contributed by atoms with van der Waals surface area (Å²) < 4.78 is 4.43. The zero-order chi connectivity index (χ0) is 14.6. The van der Waals surface area contributed by atoms with Gasteiger partial charge < -0.3 is 9.64 Å². The molecule has 0 aliphatic rings. The van der Waals surface area contributed by atoms with Crippen LogP contribution in [0.25, 0.3) is 0 Å². The molecule has 1 aromatic carbocycles. The van der Waals surface area contributed by atoms with Gasteiger partial charge in [-0.15, -0.1) is 0 Å². The third-order valence-electron chi connectivity index (χ3n) is 2.35. The first kappa shape index (κ1) is 14.9. The zero-order valence-electron chi connectivity index (χ0n) is 10.3. The summed E-state index contributed by atoms with van der Waals surface area (Å²) in [5.41, 5.74) is -0.402. The molecule has 102 valence electrons. The number of halogens is 1. The minimum absolute atomic E-state index is 0.0396. The van der Waals surface area contributed by atoms with E-state index >= 15 is 0 Å². The summed E-state index contributed by atoms with van der Waals surface area (Å²) in [5.74, 6) is -1.20. The van der Waals surface area contributed by atoms with Gasteiger partial charge in [-0.1, -0.05) is 17.7 Å². The summed E-state index contributed by atoms with van der Waals surface area (Å²) in [6.07, 6.45) is 0. The van der Waals surface area contributed by atoms with Crippen LogP contribution in [0.1, 0.15) is 10.4 Å². The van der Waals surface area contributed by atoms with Gasteiger partial charge in [0.1, 0.15) is 11.6 Å². The maximum absolute atomic E-state index is 12.0. The van der Waals surface area contributed by atoms with E-state index in [0.717, 1.165) is 4.90 Å². The molecule has 7 nitrogen and oxygen atoms in total. The van der Waals surface area contributed by atoms with Gasteiger partial charge in [0.15, 0.2) is 0 Å². The van der Waals surface area contributed by atoms with Crippen LogP contribution in [0.3, 0.4) is 0 Å². The van der Waals surface area contributed by atoms with Gasteiger partial charge in [-0.25, -0.2) is 0 Å². The third kappa shape index (κ3) is 3.41. The molecule has 0 N–H and O–H groups in total. The van der Waals surface area contributed by atoms with Crippen molar-refractivity contribution in [1.29, 1.82) is 0 Å². The first-order valence-corrected chi connectivity index (χ1v) is 5.51. The number of nitrogens with zero attached hydrogens (tertiary/aromatic N) is 2. The van der Waals surface area contributed by atoms with Crippen molar-refractivity contribution in [2.75, 3.05) is 20.7 Å². The number of carbonyl (C=O) groups is 2. The molecule has 0 radical (unpaired) electrons. The van der Waals surface area contributed by atoms with Gasteiger partial charge in [-0.2, -0.15) is 0 Å². The van der Waals surface area contributed by atoms with E-state index in [1.165, 1.54) is 32.4 Å². The lowest BCUT2D eigenvalue weighted by atomic mass is 10.1. The first-order valence-electron chi connectivity index (χ1n) is 5.13. The second-order valence-electron chi connectivity index (χ2n) is 3.63. The van der Waals surface area contributed by atoms with Gasteiger partial charge in [-0.05, 0) is 6.07 Å². The Kier molecular flexibility index (Phi) is 4.82. The highest BCUT2D eigenvalue weighted by atomic mass is 35.5. The fourth-order valence-corrected chi connectivity index (χ4v) is 1.64. The Bertz CT molecular complexity index is 532. The van der Waals surface area contributed by atoms with Crippen LogP contribution < -0.4 is 0 Å². The number of likely N-dealkylation sites (N-methyl/N-ethyl adjacent to an activating group) is 1. The number of rotatable bonds is 4. The number of amides is 1. The predicted molar refractivity (Wildman–Crippen MR) is 67.1 cm³/mol. The molecule has 1 rings (SSSR count). The fraction of sp³-hybridized carbons (Fsp3) is 0.273. The van der Waals surface area contributed by atoms with Crippen molar-refractivity contribution in [3.63, 3.8) is 0 Å². The third-order valence-corrected chi connectivity index (χ3v) is 2.74. The maximum atomic E-state index is 12.0. The average Bonchev–Trinajstić information content (AvgIpc) is 2.37. The van der Waals surface area contributed by atoms with Crippen molar-refractivity contribution < 1.29 is 19.2 Å². The molecule has 0 aliphatic carbocycles. The molecule has 0 fully saturated rings. The van der Waals surface area contributed by atoms with Crippen molar-refractivity contribution >= 4 is 29.2 Å². The zero-order valence-corrected chi connectivity index (χ0v) is 11.0. The smallest absolute Gasteiger partial charge is 0.325 e. The summed E-state index contributed by atoms with van der Waals surface area (Å²) in [7, 11) is 2.56. The van der Waals surface area contributed by atoms with Crippen molar-refractivity contribution in [2.45, 2.75) is 0 Å². The van der Waals surface area contributed by atoms with Crippen LogP contribution in [0.5, 0.6) is 0 Å². The van der Waals surface area contributed by atoms with Crippen LogP contribution in [-0.2, 0) is 9.53 Å². The summed E-state index contributed by atoms with van der Waals surface area (Å²) in [5, 5.41) is 10.5. The number of ether oxygens (including phenoxy) is 1. The Morgan fingerprint density at radius 2 is 2.11 bits per heavy atom. The number of benzene rings is 1. The molecule has 0 aliphatic heterocycles. The van der Waals surface area contributed by atoms with E-state index in [0.29, 0.717) is 0 Å². The molecule has 0 atom stereocenters.